The maximum absolute atomic E-state index is 12.0. The van der Waals surface area contributed by atoms with Crippen molar-refractivity contribution in [1.29, 1.82) is 0 Å². The van der Waals surface area contributed by atoms with Crippen molar-refractivity contribution in [1.82, 2.24) is 10.0 Å². The number of sulfonamides is 1. The molecule has 2 N–H and O–H groups in total. The molecule has 0 spiro atoms. The Hall–Kier alpha value is -0.470. The van der Waals surface area contributed by atoms with Crippen molar-refractivity contribution in [3.05, 3.63) is 17.0 Å². The molecule has 0 amide bonds. The molecular formula is C11H18N2O3S2. The molecule has 2 rings (SSSR count). The van der Waals surface area contributed by atoms with Crippen molar-refractivity contribution < 1.29 is 13.2 Å². The fraction of sp³-hybridized carbons (Fsp3) is 0.636. The molecule has 0 aliphatic carbocycles. The Labute approximate surface area is 112 Å². The highest BCUT2D eigenvalue weighted by Gasteiger charge is 2.21. The summed E-state index contributed by atoms with van der Waals surface area (Å²) < 4.78 is 32.3. The molecule has 1 atom stereocenters. The van der Waals surface area contributed by atoms with E-state index < -0.39 is 10.0 Å². The predicted octanol–water partition coefficient (Wildman–Crippen LogP) is 0.782. The van der Waals surface area contributed by atoms with Crippen LogP contribution in [0.5, 0.6) is 0 Å². The first-order valence-electron chi connectivity index (χ1n) is 5.91. The van der Waals surface area contributed by atoms with Crippen LogP contribution in [0.1, 0.15) is 12.0 Å². The van der Waals surface area contributed by atoms with Crippen molar-refractivity contribution in [2.24, 2.45) is 5.92 Å². The third-order valence-corrected chi connectivity index (χ3v) is 5.77. The zero-order chi connectivity index (χ0) is 13.0. The van der Waals surface area contributed by atoms with Crippen molar-refractivity contribution in [2.75, 3.05) is 26.8 Å². The molecule has 0 aromatic carbocycles. The van der Waals surface area contributed by atoms with Crippen LogP contribution < -0.4 is 10.0 Å². The Kier molecular flexibility index (Phi) is 4.74. The van der Waals surface area contributed by atoms with Crippen molar-refractivity contribution in [2.45, 2.75) is 17.2 Å². The third kappa shape index (κ3) is 3.52. The van der Waals surface area contributed by atoms with Crippen LogP contribution in [-0.2, 0) is 21.3 Å². The maximum atomic E-state index is 12.0. The summed E-state index contributed by atoms with van der Waals surface area (Å²) in [4.78, 5) is 0. The number of thiophene rings is 1. The fourth-order valence-electron chi connectivity index (χ4n) is 1.83. The molecule has 1 fully saturated rings. The van der Waals surface area contributed by atoms with Gasteiger partial charge in [0.05, 0.1) is 6.61 Å². The zero-order valence-corrected chi connectivity index (χ0v) is 11.9. The highest BCUT2D eigenvalue weighted by atomic mass is 32.2. The van der Waals surface area contributed by atoms with Crippen LogP contribution in [0.15, 0.2) is 15.7 Å². The monoisotopic (exact) mass is 290 g/mol. The van der Waals surface area contributed by atoms with Crippen molar-refractivity contribution in [3.8, 4) is 0 Å². The van der Waals surface area contributed by atoms with E-state index in [9.17, 15) is 8.42 Å². The Bertz CT molecular complexity index is 478. The van der Waals surface area contributed by atoms with Gasteiger partial charge in [0.1, 0.15) is 4.21 Å². The lowest BCUT2D eigenvalue weighted by molar-refractivity contribution is 0.186. The van der Waals surface area contributed by atoms with Crippen LogP contribution in [0, 0.1) is 5.92 Å². The van der Waals surface area contributed by atoms with E-state index >= 15 is 0 Å². The summed E-state index contributed by atoms with van der Waals surface area (Å²) in [6.45, 7) is 2.53. The van der Waals surface area contributed by atoms with Crippen molar-refractivity contribution in [3.63, 3.8) is 0 Å². The van der Waals surface area contributed by atoms with Crippen LogP contribution >= 0.6 is 11.3 Å². The summed E-state index contributed by atoms with van der Waals surface area (Å²) in [5.41, 5.74) is 0.993. The Morgan fingerprint density at radius 1 is 1.56 bits per heavy atom. The quantitative estimate of drug-likeness (QED) is 0.812. The molecule has 1 aliphatic rings. The second-order valence-corrected chi connectivity index (χ2v) is 7.29. The molecule has 5 nitrogen and oxygen atoms in total. The number of nitrogens with one attached hydrogen (secondary N) is 2. The number of hydrogen-bond acceptors (Lipinski definition) is 5. The van der Waals surface area contributed by atoms with E-state index in [0.29, 0.717) is 29.8 Å². The summed E-state index contributed by atoms with van der Waals surface area (Å²) >= 11 is 1.26. The molecule has 18 heavy (non-hydrogen) atoms. The summed E-state index contributed by atoms with van der Waals surface area (Å²) in [6, 6.07) is 1.72. The Morgan fingerprint density at radius 3 is 3.06 bits per heavy atom. The average molecular weight is 290 g/mol. The van der Waals surface area contributed by atoms with Gasteiger partial charge in [0.2, 0.25) is 10.0 Å². The molecule has 1 aromatic heterocycles. The number of ether oxygens (including phenoxy) is 1. The van der Waals surface area contributed by atoms with Gasteiger partial charge in [0.25, 0.3) is 0 Å². The summed E-state index contributed by atoms with van der Waals surface area (Å²) in [7, 11) is -1.52. The SMILES string of the molecule is CNCc1csc(S(=O)(=O)NCC2CCOC2)c1. The first-order chi connectivity index (χ1) is 8.62. The van der Waals surface area contributed by atoms with Gasteiger partial charge in [-0.3, -0.25) is 0 Å². The highest BCUT2D eigenvalue weighted by Crippen LogP contribution is 2.20. The summed E-state index contributed by atoms with van der Waals surface area (Å²) in [5, 5.41) is 4.87. The first-order valence-corrected chi connectivity index (χ1v) is 8.27. The highest BCUT2D eigenvalue weighted by molar-refractivity contribution is 7.91. The molecule has 7 heteroatoms. The molecule has 1 aromatic rings. The lowest BCUT2D eigenvalue weighted by Crippen LogP contribution is -2.29. The normalized spacial score (nSPS) is 20.4. The summed E-state index contributed by atoms with van der Waals surface area (Å²) in [5.74, 6) is 0.302. The van der Waals surface area contributed by atoms with Gasteiger partial charge in [0.15, 0.2) is 0 Å². The van der Waals surface area contributed by atoms with Gasteiger partial charge in [-0.05, 0) is 36.4 Å². The minimum Gasteiger partial charge on any atom is -0.381 e. The largest absolute Gasteiger partial charge is 0.381 e. The van der Waals surface area contributed by atoms with Gasteiger partial charge >= 0.3 is 0 Å². The van der Waals surface area contributed by atoms with E-state index in [2.05, 4.69) is 10.0 Å². The van der Waals surface area contributed by atoms with Gasteiger partial charge in [-0.2, -0.15) is 0 Å². The second-order valence-electron chi connectivity index (χ2n) is 4.39. The minimum absolute atomic E-state index is 0.302. The second kappa shape index (κ2) is 6.12. The minimum atomic E-state index is -3.36. The van der Waals surface area contributed by atoms with Crippen LogP contribution in [0.2, 0.25) is 0 Å². The van der Waals surface area contributed by atoms with Gasteiger partial charge in [-0.1, -0.05) is 0 Å². The van der Waals surface area contributed by atoms with E-state index in [1.807, 2.05) is 12.4 Å². The third-order valence-electron chi connectivity index (χ3n) is 2.86. The molecule has 0 bridgehead atoms. The molecule has 1 aliphatic heterocycles. The first kappa shape index (κ1) is 14.0. The van der Waals surface area contributed by atoms with Crippen molar-refractivity contribution >= 4 is 21.4 Å². The summed E-state index contributed by atoms with van der Waals surface area (Å²) in [6.07, 6.45) is 0.929. The predicted molar refractivity (Wildman–Crippen MR) is 71.2 cm³/mol. The van der Waals surface area contributed by atoms with Crippen LogP contribution in [0.4, 0.5) is 0 Å². The molecule has 0 radical (unpaired) electrons. The van der Waals surface area contributed by atoms with Gasteiger partial charge < -0.3 is 10.1 Å². The van der Waals surface area contributed by atoms with E-state index in [1.165, 1.54) is 11.3 Å². The van der Waals surface area contributed by atoms with Gasteiger partial charge in [-0.15, -0.1) is 11.3 Å². The molecule has 0 saturated carbocycles. The maximum Gasteiger partial charge on any atom is 0.250 e. The molecular weight excluding hydrogens is 272 g/mol. The average Bonchev–Trinajstić information content (AvgIpc) is 2.98. The zero-order valence-electron chi connectivity index (χ0n) is 10.3. The van der Waals surface area contributed by atoms with Crippen LogP contribution in [-0.4, -0.2) is 35.2 Å². The van der Waals surface area contributed by atoms with E-state index in [-0.39, 0.29) is 0 Å². The molecule has 1 unspecified atom stereocenters. The lowest BCUT2D eigenvalue weighted by atomic mass is 10.1. The Balaban J connectivity index is 1.95. The van der Waals surface area contributed by atoms with Crippen LogP contribution in [0.3, 0.4) is 0 Å². The number of rotatable bonds is 6. The molecule has 2 heterocycles. The molecule has 102 valence electrons. The Morgan fingerprint density at radius 2 is 2.39 bits per heavy atom. The van der Waals surface area contributed by atoms with E-state index in [4.69, 9.17) is 4.74 Å². The van der Waals surface area contributed by atoms with Crippen LogP contribution in [0.25, 0.3) is 0 Å². The lowest BCUT2D eigenvalue weighted by Gasteiger charge is -2.08. The molecule has 1 saturated heterocycles. The van der Waals surface area contributed by atoms with E-state index in [1.54, 1.807) is 6.07 Å². The fourth-order valence-corrected chi connectivity index (χ4v) is 4.20. The standard InChI is InChI=1S/C11H18N2O3S2/c1-12-5-10-4-11(17-8-10)18(14,15)13-6-9-2-3-16-7-9/h4,8-9,12-13H,2-3,5-7H2,1H3. The topological polar surface area (TPSA) is 67.4 Å². The van der Waals surface area contributed by atoms with Gasteiger partial charge in [0, 0.05) is 19.7 Å². The smallest absolute Gasteiger partial charge is 0.250 e. The van der Waals surface area contributed by atoms with E-state index in [0.717, 1.165) is 18.6 Å². The van der Waals surface area contributed by atoms with Gasteiger partial charge in [-0.25, -0.2) is 13.1 Å². The number of hydrogen-bond donors (Lipinski definition) is 2.